The van der Waals surface area contributed by atoms with Gasteiger partial charge in [0.15, 0.2) is 11.5 Å². The Kier molecular flexibility index (Phi) is 11.3. The van der Waals surface area contributed by atoms with Crippen LogP contribution in [0.5, 0.6) is 17.4 Å². The van der Waals surface area contributed by atoms with Gasteiger partial charge in [0.25, 0.3) is 5.91 Å². The van der Waals surface area contributed by atoms with Gasteiger partial charge in [-0.2, -0.15) is 13.2 Å². The fraction of sp³-hybridized carbons (Fsp3) is 0.294. The molecule has 2 amide bonds. The van der Waals surface area contributed by atoms with E-state index in [2.05, 4.69) is 20.6 Å². The maximum absolute atomic E-state index is 14.8. The van der Waals surface area contributed by atoms with Crippen molar-refractivity contribution in [1.82, 2.24) is 20.6 Å². The zero-order valence-electron chi connectivity index (χ0n) is 26.7. The number of amides is 2. The summed E-state index contributed by atoms with van der Waals surface area (Å²) in [5.41, 5.74) is -5.14. The number of methoxy groups -OCH3 is 1. The topological polar surface area (TPSA) is 172 Å². The molecule has 0 bridgehead atoms. The zero-order valence-corrected chi connectivity index (χ0v) is 26.7. The molecule has 0 aliphatic rings. The first-order chi connectivity index (χ1) is 23.2. The smallest absolute Gasteiger partial charge is 0.424 e. The number of nitrogens with one attached hydrogen (secondary N) is 2. The van der Waals surface area contributed by atoms with Crippen LogP contribution in [0.4, 0.5) is 18.0 Å². The summed E-state index contributed by atoms with van der Waals surface area (Å²) in [5, 5.41) is 35.1. The first kappa shape index (κ1) is 36.4. The number of aliphatic hydroxyl groups excluding tert-OH is 1. The van der Waals surface area contributed by atoms with Gasteiger partial charge < -0.3 is 40.2 Å². The fourth-order valence-corrected chi connectivity index (χ4v) is 4.60. The van der Waals surface area contributed by atoms with Crippen LogP contribution in [0, 0.1) is 0 Å². The second-order valence-electron chi connectivity index (χ2n) is 11.3. The summed E-state index contributed by atoms with van der Waals surface area (Å²) in [7, 11) is 1.36. The van der Waals surface area contributed by atoms with Gasteiger partial charge in [-0.05, 0) is 61.4 Å². The van der Waals surface area contributed by atoms with Gasteiger partial charge in [0.2, 0.25) is 11.5 Å². The lowest BCUT2D eigenvalue weighted by Gasteiger charge is -2.33. The number of rotatable bonds is 13. The van der Waals surface area contributed by atoms with Crippen LogP contribution < -0.4 is 20.1 Å². The molecule has 2 heterocycles. The minimum atomic E-state index is -5.37. The third kappa shape index (κ3) is 8.94. The molecule has 2 aromatic heterocycles. The largest absolute Gasteiger partial charge is 0.504 e. The van der Waals surface area contributed by atoms with Crippen molar-refractivity contribution in [2.75, 3.05) is 26.9 Å². The standard InChI is InChI=1S/C34H35F3N4O8/c1-32(2,41-31(45)49-19-21-7-5-4-6-8-21)24-17-25(22-11-12-38-29(16-22)47-3)40-28(18-24)33(46,34(35,36)37)20-39-30(44)23-9-10-27(26(43)15-23)48-14-13-42/h4-12,15-18,42-43,46H,13-14,19-20H2,1-3H3,(H,39,44)(H,41,45). The van der Waals surface area contributed by atoms with Gasteiger partial charge in [-0.1, -0.05) is 30.3 Å². The number of aliphatic hydroxyl groups is 2. The normalized spacial score (nSPS) is 12.8. The molecule has 0 saturated heterocycles. The van der Waals surface area contributed by atoms with Crippen molar-refractivity contribution < 1.29 is 52.3 Å². The third-order valence-corrected chi connectivity index (χ3v) is 7.38. The number of benzene rings is 2. The van der Waals surface area contributed by atoms with Crippen LogP contribution in [-0.2, 0) is 22.5 Å². The molecule has 0 fully saturated rings. The molecule has 260 valence electrons. The molecule has 1 atom stereocenters. The number of hydrogen-bond donors (Lipinski definition) is 5. The Morgan fingerprint density at radius 3 is 2.37 bits per heavy atom. The molecule has 15 heteroatoms. The van der Waals surface area contributed by atoms with Crippen LogP contribution in [0.1, 0.15) is 41.0 Å². The Labute approximate surface area is 279 Å². The van der Waals surface area contributed by atoms with Gasteiger partial charge in [-0.25, -0.2) is 14.8 Å². The van der Waals surface area contributed by atoms with E-state index < -0.39 is 47.3 Å². The minimum absolute atomic E-state index is 0.0295. The summed E-state index contributed by atoms with van der Waals surface area (Å²) >= 11 is 0. The summed E-state index contributed by atoms with van der Waals surface area (Å²) in [6.45, 7) is 1.15. The average molecular weight is 685 g/mol. The Hall–Kier alpha value is -5.41. The molecule has 1 unspecified atom stereocenters. The van der Waals surface area contributed by atoms with Crippen molar-refractivity contribution in [3.63, 3.8) is 0 Å². The fourth-order valence-electron chi connectivity index (χ4n) is 4.60. The molecular formula is C34H35F3N4O8. The Bertz CT molecular complexity index is 1770. The number of alkyl halides is 3. The molecule has 4 aromatic rings. The van der Waals surface area contributed by atoms with Crippen molar-refractivity contribution in [2.45, 2.75) is 37.8 Å². The van der Waals surface area contributed by atoms with Gasteiger partial charge in [0, 0.05) is 23.4 Å². The van der Waals surface area contributed by atoms with Crippen molar-refractivity contribution in [3.8, 4) is 28.6 Å². The van der Waals surface area contributed by atoms with Crippen LogP contribution >= 0.6 is 0 Å². The van der Waals surface area contributed by atoms with E-state index >= 15 is 0 Å². The number of ether oxygens (including phenoxy) is 3. The van der Waals surface area contributed by atoms with Gasteiger partial charge in [-0.3, -0.25) is 4.79 Å². The number of carbonyl (C=O) groups excluding carboxylic acids is 2. The molecule has 0 spiro atoms. The monoisotopic (exact) mass is 684 g/mol. The second-order valence-corrected chi connectivity index (χ2v) is 11.3. The van der Waals surface area contributed by atoms with Crippen molar-refractivity contribution in [2.24, 2.45) is 0 Å². The average Bonchev–Trinajstić information content (AvgIpc) is 3.08. The minimum Gasteiger partial charge on any atom is -0.504 e. The predicted octanol–water partition coefficient (Wildman–Crippen LogP) is 4.57. The number of phenolic OH excluding ortho intramolecular Hbond substituents is 1. The SMILES string of the molecule is COc1cc(-c2cc(C(C)(C)NC(=O)OCc3ccccc3)cc(C(O)(CNC(=O)c3ccc(OCCO)c(O)c3)C(F)(F)F)n2)ccn1. The Morgan fingerprint density at radius 2 is 1.71 bits per heavy atom. The van der Waals surface area contributed by atoms with Gasteiger partial charge in [-0.15, -0.1) is 0 Å². The highest BCUT2D eigenvalue weighted by atomic mass is 19.4. The van der Waals surface area contributed by atoms with Crippen LogP contribution in [0.25, 0.3) is 11.3 Å². The van der Waals surface area contributed by atoms with E-state index in [1.54, 1.807) is 30.3 Å². The highest BCUT2D eigenvalue weighted by molar-refractivity contribution is 5.95. The highest BCUT2D eigenvalue weighted by Gasteiger charge is 2.56. The summed E-state index contributed by atoms with van der Waals surface area (Å²) in [4.78, 5) is 33.9. The van der Waals surface area contributed by atoms with Gasteiger partial charge in [0.05, 0.1) is 37.2 Å². The lowest BCUT2D eigenvalue weighted by Crippen LogP contribution is -2.52. The van der Waals surface area contributed by atoms with Crippen LogP contribution in [0.2, 0.25) is 0 Å². The maximum atomic E-state index is 14.8. The first-order valence-electron chi connectivity index (χ1n) is 14.8. The van der Waals surface area contributed by atoms with Crippen LogP contribution in [-0.4, -0.2) is 70.3 Å². The molecule has 0 aliphatic carbocycles. The van der Waals surface area contributed by atoms with Crippen LogP contribution in [0.3, 0.4) is 0 Å². The van der Waals surface area contributed by atoms with E-state index in [0.717, 1.165) is 12.1 Å². The lowest BCUT2D eigenvalue weighted by molar-refractivity contribution is -0.265. The second kappa shape index (κ2) is 15.2. The molecule has 5 N–H and O–H groups in total. The number of halogens is 3. The Morgan fingerprint density at radius 1 is 0.980 bits per heavy atom. The number of aromatic hydroxyl groups is 1. The third-order valence-electron chi connectivity index (χ3n) is 7.38. The number of pyridine rings is 2. The first-order valence-corrected chi connectivity index (χ1v) is 14.8. The number of carbonyl (C=O) groups is 2. The number of phenols is 1. The van der Waals surface area contributed by atoms with Crippen molar-refractivity contribution >= 4 is 12.0 Å². The van der Waals surface area contributed by atoms with Crippen molar-refractivity contribution in [1.29, 1.82) is 0 Å². The molecule has 0 radical (unpaired) electrons. The number of nitrogens with zero attached hydrogens (tertiary/aromatic N) is 2. The lowest BCUT2D eigenvalue weighted by atomic mass is 9.88. The molecule has 0 aliphatic heterocycles. The number of aromatic nitrogens is 2. The molecule has 2 aromatic carbocycles. The summed E-state index contributed by atoms with van der Waals surface area (Å²) < 4.78 is 60.0. The van der Waals surface area contributed by atoms with Crippen molar-refractivity contribution in [3.05, 3.63) is 101 Å². The highest BCUT2D eigenvalue weighted by Crippen LogP contribution is 2.40. The summed E-state index contributed by atoms with van der Waals surface area (Å²) in [5.74, 6) is -1.46. The summed E-state index contributed by atoms with van der Waals surface area (Å²) in [6, 6.07) is 17.5. The summed E-state index contributed by atoms with van der Waals surface area (Å²) in [6.07, 6.45) is -4.86. The van der Waals surface area contributed by atoms with Gasteiger partial charge >= 0.3 is 12.3 Å². The van der Waals surface area contributed by atoms with Gasteiger partial charge in [0.1, 0.15) is 13.2 Å². The van der Waals surface area contributed by atoms with E-state index in [0.29, 0.717) is 5.56 Å². The number of hydrogen-bond acceptors (Lipinski definition) is 10. The Balaban J connectivity index is 1.70. The van der Waals surface area contributed by atoms with E-state index in [9.17, 15) is 33.0 Å². The molecule has 4 rings (SSSR count). The zero-order chi connectivity index (χ0) is 35.8. The van der Waals surface area contributed by atoms with E-state index in [1.807, 2.05) is 0 Å². The molecular weight excluding hydrogens is 649 g/mol. The van der Waals surface area contributed by atoms with E-state index in [4.69, 9.17) is 19.3 Å². The predicted molar refractivity (Wildman–Crippen MR) is 170 cm³/mol. The molecule has 12 nitrogen and oxygen atoms in total. The quantitative estimate of drug-likeness (QED) is 0.134. The van der Waals surface area contributed by atoms with E-state index in [1.165, 1.54) is 57.5 Å². The van der Waals surface area contributed by atoms with E-state index in [-0.39, 0.29) is 53.8 Å². The van der Waals surface area contributed by atoms with Crippen LogP contribution in [0.15, 0.2) is 79.0 Å². The maximum Gasteiger partial charge on any atom is 0.424 e. The number of alkyl carbamates (subject to hydrolysis) is 1. The molecule has 0 saturated carbocycles. The molecule has 49 heavy (non-hydrogen) atoms.